The molecule has 0 unspecified atom stereocenters. The predicted molar refractivity (Wildman–Crippen MR) is 105 cm³/mol. The molecule has 0 aliphatic carbocycles. The zero-order valence-electron chi connectivity index (χ0n) is 16.7. The topological polar surface area (TPSA) is 101 Å². The Kier molecular flexibility index (Phi) is 5.92. The van der Waals surface area contributed by atoms with Crippen molar-refractivity contribution in [3.63, 3.8) is 0 Å². The molecule has 0 amide bonds. The van der Waals surface area contributed by atoms with Gasteiger partial charge in [-0.15, -0.1) is 0 Å². The monoisotopic (exact) mass is 426 g/mol. The number of esters is 1. The molecule has 0 radical (unpaired) electrons. The van der Waals surface area contributed by atoms with Gasteiger partial charge >= 0.3 is 5.97 Å². The van der Waals surface area contributed by atoms with E-state index in [0.29, 0.717) is 41.4 Å². The minimum Gasteiger partial charge on any atom is -0.486 e. The van der Waals surface area contributed by atoms with Gasteiger partial charge in [-0.2, -0.15) is 4.98 Å². The summed E-state index contributed by atoms with van der Waals surface area (Å²) in [5, 5.41) is 3.76. The highest BCUT2D eigenvalue weighted by molar-refractivity contribution is 5.98. The molecule has 0 N–H and O–H groups in total. The lowest BCUT2D eigenvalue weighted by molar-refractivity contribution is -0.145. The van der Waals surface area contributed by atoms with Crippen molar-refractivity contribution in [2.75, 3.05) is 13.2 Å². The summed E-state index contributed by atoms with van der Waals surface area (Å²) in [6.45, 7) is 2.31. The van der Waals surface area contributed by atoms with E-state index in [1.54, 1.807) is 37.3 Å². The van der Waals surface area contributed by atoms with Crippen molar-refractivity contribution in [2.45, 2.75) is 26.4 Å². The molecule has 1 aliphatic heterocycles. The van der Waals surface area contributed by atoms with E-state index in [1.165, 1.54) is 6.07 Å². The smallest absolute Gasteiger partial charge is 0.306 e. The predicted octanol–water partition coefficient (Wildman–Crippen LogP) is 3.66. The lowest BCUT2D eigenvalue weighted by Crippen LogP contribution is -2.16. The first-order valence-electron chi connectivity index (χ1n) is 9.67. The molecular formula is C22H19FN2O6. The third-order valence-electron chi connectivity index (χ3n) is 4.68. The summed E-state index contributed by atoms with van der Waals surface area (Å²) in [4.78, 5) is 28.4. The summed E-state index contributed by atoms with van der Waals surface area (Å²) in [5.41, 5.74) is 1.39. The number of hydrogen-bond donors (Lipinski definition) is 0. The van der Waals surface area contributed by atoms with Crippen LogP contribution in [0.2, 0.25) is 0 Å². The van der Waals surface area contributed by atoms with E-state index in [0.717, 1.165) is 0 Å². The molecule has 8 nitrogen and oxygen atoms in total. The molecule has 0 spiro atoms. The quantitative estimate of drug-likeness (QED) is 0.417. The maximum absolute atomic E-state index is 13.7. The largest absolute Gasteiger partial charge is 0.486 e. The van der Waals surface area contributed by atoms with Crippen molar-refractivity contribution in [2.24, 2.45) is 0 Å². The average molecular weight is 426 g/mol. The number of fused-ring (bicyclic) bond motifs is 1. The highest BCUT2D eigenvalue weighted by Gasteiger charge is 2.17. The van der Waals surface area contributed by atoms with Gasteiger partial charge in [0.1, 0.15) is 19.0 Å². The van der Waals surface area contributed by atoms with Gasteiger partial charge in [0.15, 0.2) is 23.9 Å². The van der Waals surface area contributed by atoms with Gasteiger partial charge in [-0.1, -0.05) is 17.3 Å². The summed E-state index contributed by atoms with van der Waals surface area (Å²) in [5.74, 6) is 0.205. The van der Waals surface area contributed by atoms with E-state index in [-0.39, 0.29) is 42.8 Å². The average Bonchev–Trinajstić information content (AvgIpc) is 3.26. The number of carbonyl (C=O) groups is 2. The van der Waals surface area contributed by atoms with Crippen molar-refractivity contribution in [1.29, 1.82) is 0 Å². The van der Waals surface area contributed by atoms with Crippen LogP contribution in [-0.4, -0.2) is 35.1 Å². The third-order valence-corrected chi connectivity index (χ3v) is 4.68. The molecule has 3 aromatic rings. The first-order chi connectivity index (χ1) is 15.0. The summed E-state index contributed by atoms with van der Waals surface area (Å²) in [6.07, 6.45) is -0.117. The van der Waals surface area contributed by atoms with Gasteiger partial charge in [0, 0.05) is 17.5 Å². The molecule has 2 aromatic carbocycles. The lowest BCUT2D eigenvalue weighted by atomic mass is 10.1. The van der Waals surface area contributed by atoms with Crippen molar-refractivity contribution in [3.05, 3.63) is 59.2 Å². The maximum atomic E-state index is 13.7. The van der Waals surface area contributed by atoms with Crippen LogP contribution in [0.25, 0.3) is 11.4 Å². The van der Waals surface area contributed by atoms with Crippen LogP contribution in [0.15, 0.2) is 40.9 Å². The van der Waals surface area contributed by atoms with Crippen molar-refractivity contribution in [1.82, 2.24) is 10.1 Å². The molecule has 1 aliphatic rings. The Morgan fingerprint density at radius 1 is 1.06 bits per heavy atom. The van der Waals surface area contributed by atoms with E-state index in [2.05, 4.69) is 10.1 Å². The number of halogens is 1. The first-order valence-corrected chi connectivity index (χ1v) is 9.67. The van der Waals surface area contributed by atoms with Crippen LogP contribution in [0.1, 0.15) is 34.7 Å². The van der Waals surface area contributed by atoms with E-state index < -0.39 is 5.97 Å². The van der Waals surface area contributed by atoms with Gasteiger partial charge < -0.3 is 18.7 Å². The minimum absolute atomic E-state index is 0.0177. The molecule has 160 valence electrons. The van der Waals surface area contributed by atoms with Crippen molar-refractivity contribution < 1.29 is 32.7 Å². The molecule has 31 heavy (non-hydrogen) atoms. The summed E-state index contributed by atoms with van der Waals surface area (Å²) >= 11 is 0. The highest BCUT2D eigenvalue weighted by Crippen LogP contribution is 2.31. The Bertz CT molecular complexity index is 1130. The first kappa shape index (κ1) is 20.5. The number of hydrogen-bond acceptors (Lipinski definition) is 8. The number of ether oxygens (including phenoxy) is 3. The van der Waals surface area contributed by atoms with Crippen LogP contribution in [0.4, 0.5) is 4.39 Å². The standard InChI is InChI=1S/C22H19FN2O6/c1-13-2-3-15(10-16(13)23)22-24-20(31-25-22)12-30-21(27)7-5-17(26)14-4-6-18-19(11-14)29-9-8-28-18/h2-4,6,10-11H,5,7-9,12H2,1H3. The number of nitrogens with zero attached hydrogens (tertiary/aromatic N) is 2. The van der Waals surface area contributed by atoms with Crippen molar-refractivity contribution >= 4 is 11.8 Å². The van der Waals surface area contributed by atoms with Crippen LogP contribution >= 0.6 is 0 Å². The molecule has 0 fully saturated rings. The molecule has 9 heteroatoms. The van der Waals surface area contributed by atoms with Crippen LogP contribution < -0.4 is 9.47 Å². The molecule has 2 heterocycles. The van der Waals surface area contributed by atoms with Crippen LogP contribution in [-0.2, 0) is 16.1 Å². The summed E-state index contributed by atoms with van der Waals surface area (Å²) in [6, 6.07) is 9.50. The number of benzene rings is 2. The van der Waals surface area contributed by atoms with Gasteiger partial charge in [0.05, 0.1) is 6.42 Å². The Hall–Kier alpha value is -3.75. The molecule has 1 aromatic heterocycles. The second-order valence-corrected chi connectivity index (χ2v) is 6.92. The van der Waals surface area contributed by atoms with E-state index in [4.69, 9.17) is 18.7 Å². The number of ketones is 1. The lowest BCUT2D eigenvalue weighted by Gasteiger charge is -2.18. The van der Waals surface area contributed by atoms with Gasteiger partial charge in [0.25, 0.3) is 5.89 Å². The Morgan fingerprint density at radius 3 is 2.68 bits per heavy atom. The SMILES string of the molecule is Cc1ccc(-c2noc(COC(=O)CCC(=O)c3ccc4c(c3)OCCO4)n2)cc1F. The molecule has 0 bridgehead atoms. The molecular weight excluding hydrogens is 407 g/mol. The molecule has 0 saturated carbocycles. The maximum Gasteiger partial charge on any atom is 0.306 e. The number of Topliss-reactive ketones (excluding diaryl/α,β-unsaturated/α-hetero) is 1. The molecule has 0 saturated heterocycles. The molecule has 0 atom stereocenters. The van der Waals surface area contributed by atoms with Crippen molar-refractivity contribution in [3.8, 4) is 22.9 Å². The summed E-state index contributed by atoms with van der Waals surface area (Å²) in [7, 11) is 0. The summed E-state index contributed by atoms with van der Waals surface area (Å²) < 4.78 is 34.7. The fourth-order valence-electron chi connectivity index (χ4n) is 2.95. The highest BCUT2D eigenvalue weighted by atomic mass is 19.1. The zero-order chi connectivity index (χ0) is 21.8. The second kappa shape index (κ2) is 8.95. The second-order valence-electron chi connectivity index (χ2n) is 6.92. The minimum atomic E-state index is -0.577. The fourth-order valence-corrected chi connectivity index (χ4v) is 2.95. The van der Waals surface area contributed by atoms with E-state index in [9.17, 15) is 14.0 Å². The van der Waals surface area contributed by atoms with Gasteiger partial charge in [-0.25, -0.2) is 4.39 Å². The Labute approximate surface area is 176 Å². The molecule has 4 rings (SSSR count). The number of aromatic nitrogens is 2. The Morgan fingerprint density at radius 2 is 1.87 bits per heavy atom. The van der Waals surface area contributed by atoms with Gasteiger partial charge in [-0.05, 0) is 36.8 Å². The fraction of sp³-hybridized carbons (Fsp3) is 0.273. The normalized spacial score (nSPS) is 12.5. The van der Waals surface area contributed by atoms with Crippen LogP contribution in [0, 0.1) is 12.7 Å². The van der Waals surface area contributed by atoms with E-state index >= 15 is 0 Å². The number of aryl methyl sites for hydroxylation is 1. The van der Waals surface area contributed by atoms with Gasteiger partial charge in [0.2, 0.25) is 5.82 Å². The van der Waals surface area contributed by atoms with Crippen LogP contribution in [0.5, 0.6) is 11.5 Å². The van der Waals surface area contributed by atoms with Crippen LogP contribution in [0.3, 0.4) is 0 Å². The van der Waals surface area contributed by atoms with Gasteiger partial charge in [-0.3, -0.25) is 9.59 Å². The van der Waals surface area contributed by atoms with E-state index in [1.807, 2.05) is 0 Å². The number of rotatable bonds is 7. The zero-order valence-corrected chi connectivity index (χ0v) is 16.7. The third kappa shape index (κ3) is 4.88. The number of carbonyl (C=O) groups excluding carboxylic acids is 2. The Balaban J connectivity index is 1.27.